The summed E-state index contributed by atoms with van der Waals surface area (Å²) in [5, 5.41) is 7.72. The van der Waals surface area contributed by atoms with E-state index in [0.717, 1.165) is 0 Å². The van der Waals surface area contributed by atoms with Crippen LogP contribution in [0.1, 0.15) is 28.2 Å². The normalized spacial score (nSPS) is 17.8. The van der Waals surface area contributed by atoms with Crippen molar-refractivity contribution < 1.29 is 0 Å². The third-order valence-corrected chi connectivity index (χ3v) is 11.7. The molecule has 2 atom stereocenters. The first-order valence-corrected chi connectivity index (χ1v) is 17.4. The van der Waals surface area contributed by atoms with Crippen molar-refractivity contribution in [3.8, 4) is 33.4 Å². The van der Waals surface area contributed by atoms with Gasteiger partial charge in [-0.25, -0.2) is 0 Å². The molecular weight excluding hydrogens is 589 g/mol. The second-order valence-corrected chi connectivity index (χ2v) is 13.9. The van der Waals surface area contributed by atoms with Crippen molar-refractivity contribution in [3.63, 3.8) is 0 Å². The third kappa shape index (κ3) is 3.48. The van der Waals surface area contributed by atoms with Crippen molar-refractivity contribution >= 4 is 32.3 Å². The second kappa shape index (κ2) is 10.0. The zero-order valence-electron chi connectivity index (χ0n) is 27.0. The zero-order valence-corrected chi connectivity index (χ0v) is 27.0. The van der Waals surface area contributed by atoms with E-state index in [-0.39, 0.29) is 5.41 Å². The molecule has 0 heteroatoms. The Morgan fingerprint density at radius 1 is 0.388 bits per heavy atom. The van der Waals surface area contributed by atoms with Crippen molar-refractivity contribution in [2.75, 3.05) is 0 Å². The molecule has 0 saturated carbocycles. The Bertz CT molecular complexity index is 2630. The van der Waals surface area contributed by atoms with Crippen LogP contribution in [0.5, 0.6) is 0 Å². The van der Waals surface area contributed by atoms with Gasteiger partial charge >= 0.3 is 0 Å². The number of rotatable bonds is 2. The van der Waals surface area contributed by atoms with Crippen LogP contribution in [0.4, 0.5) is 0 Å². The fourth-order valence-corrected chi connectivity index (χ4v) is 9.93. The van der Waals surface area contributed by atoms with Gasteiger partial charge in [-0.1, -0.05) is 176 Å². The smallest absolute Gasteiger partial charge is 0.0538 e. The van der Waals surface area contributed by atoms with E-state index in [4.69, 9.17) is 0 Å². The highest BCUT2D eigenvalue weighted by Gasteiger charge is 2.57. The number of hydrogen-bond donors (Lipinski definition) is 0. The molecule has 0 radical (unpaired) electrons. The lowest BCUT2D eigenvalue weighted by Crippen LogP contribution is -2.32. The first kappa shape index (κ1) is 27.0. The number of allylic oxidation sites excluding steroid dienone is 4. The van der Waals surface area contributed by atoms with Gasteiger partial charge in [-0.15, -0.1) is 0 Å². The molecule has 0 aromatic heterocycles. The van der Waals surface area contributed by atoms with Crippen molar-refractivity contribution in [1.29, 1.82) is 0 Å². The van der Waals surface area contributed by atoms with Gasteiger partial charge in [-0.05, 0) is 94.0 Å². The molecule has 0 heterocycles. The molecule has 0 aliphatic heterocycles. The maximum atomic E-state index is 2.57. The molecule has 0 amide bonds. The summed E-state index contributed by atoms with van der Waals surface area (Å²) < 4.78 is 0. The summed E-state index contributed by atoms with van der Waals surface area (Å²) >= 11 is 0. The molecule has 0 fully saturated rings. The summed E-state index contributed by atoms with van der Waals surface area (Å²) in [5.41, 5.74) is 13.4. The van der Waals surface area contributed by atoms with Crippen LogP contribution in [-0.2, 0) is 5.41 Å². The van der Waals surface area contributed by atoms with Crippen LogP contribution in [-0.4, -0.2) is 0 Å². The van der Waals surface area contributed by atoms with E-state index in [1.54, 1.807) is 0 Å². The minimum Gasteiger partial charge on any atom is -0.0789 e. The molecule has 2 unspecified atom stereocenters. The highest BCUT2D eigenvalue weighted by molar-refractivity contribution is 6.23. The molecule has 0 nitrogen and oxygen atoms in total. The van der Waals surface area contributed by atoms with E-state index >= 15 is 0 Å². The van der Waals surface area contributed by atoms with Crippen LogP contribution in [0.3, 0.4) is 0 Å². The molecular formula is C49H32. The minimum absolute atomic E-state index is 0.251. The Morgan fingerprint density at radius 3 is 1.61 bits per heavy atom. The molecule has 49 heavy (non-hydrogen) atoms. The fraction of sp³-hybridized carbons (Fsp3) is 0.0612. The van der Waals surface area contributed by atoms with E-state index < -0.39 is 0 Å². The lowest BCUT2D eigenvalue weighted by Gasteiger charge is -2.36. The molecule has 0 N–H and O–H groups in total. The number of hydrogen-bond acceptors (Lipinski definition) is 0. The predicted molar refractivity (Wildman–Crippen MR) is 206 cm³/mol. The first-order valence-electron chi connectivity index (χ1n) is 17.4. The van der Waals surface area contributed by atoms with E-state index in [1.807, 2.05) is 0 Å². The predicted octanol–water partition coefficient (Wildman–Crippen LogP) is 12.6. The fourth-order valence-electron chi connectivity index (χ4n) is 9.93. The van der Waals surface area contributed by atoms with Crippen LogP contribution >= 0.6 is 0 Å². The van der Waals surface area contributed by atoms with Crippen molar-refractivity contribution in [2.24, 2.45) is 5.92 Å². The molecule has 8 aromatic carbocycles. The van der Waals surface area contributed by atoms with E-state index in [1.165, 1.54) is 88.0 Å². The van der Waals surface area contributed by atoms with Gasteiger partial charge in [0.15, 0.2) is 0 Å². The van der Waals surface area contributed by atoms with Crippen LogP contribution in [0, 0.1) is 5.92 Å². The van der Waals surface area contributed by atoms with Crippen molar-refractivity contribution in [2.45, 2.75) is 11.3 Å². The van der Waals surface area contributed by atoms with Gasteiger partial charge in [0.1, 0.15) is 0 Å². The van der Waals surface area contributed by atoms with Crippen LogP contribution < -0.4 is 0 Å². The van der Waals surface area contributed by atoms with Gasteiger partial charge in [-0.2, -0.15) is 0 Å². The summed E-state index contributed by atoms with van der Waals surface area (Å²) in [7, 11) is 0. The molecule has 0 saturated heterocycles. The summed E-state index contributed by atoms with van der Waals surface area (Å²) in [6.07, 6.45) is 9.43. The third-order valence-electron chi connectivity index (χ3n) is 11.7. The molecule has 228 valence electrons. The molecule has 0 bridgehead atoms. The Labute approximate surface area is 286 Å². The first-order chi connectivity index (χ1) is 24.3. The second-order valence-electron chi connectivity index (χ2n) is 13.9. The number of benzene rings is 8. The molecule has 11 rings (SSSR count). The maximum Gasteiger partial charge on any atom is 0.0538 e. The van der Waals surface area contributed by atoms with Gasteiger partial charge in [0, 0.05) is 11.8 Å². The summed E-state index contributed by atoms with van der Waals surface area (Å²) in [6, 6.07) is 59.4. The van der Waals surface area contributed by atoms with Crippen LogP contribution in [0.2, 0.25) is 0 Å². The van der Waals surface area contributed by atoms with Crippen LogP contribution in [0.25, 0.3) is 65.7 Å². The highest BCUT2D eigenvalue weighted by Crippen LogP contribution is 2.65. The average Bonchev–Trinajstić information content (AvgIpc) is 3.64. The SMILES string of the molecule is C1=CC2c3ccc(-c4c5ccccc5c(-c5cccc6ccccc56)c5ccccc45)cc3C3(c4ccccc4-c4ccccc43)C2C=C1. The van der Waals surface area contributed by atoms with Crippen molar-refractivity contribution in [3.05, 3.63) is 204 Å². The van der Waals surface area contributed by atoms with Crippen LogP contribution in [0.15, 0.2) is 182 Å². The Morgan fingerprint density at radius 2 is 0.918 bits per heavy atom. The Kier molecular flexibility index (Phi) is 5.52. The molecule has 1 spiro atoms. The van der Waals surface area contributed by atoms with Gasteiger partial charge in [0.2, 0.25) is 0 Å². The van der Waals surface area contributed by atoms with E-state index in [0.29, 0.717) is 11.8 Å². The van der Waals surface area contributed by atoms with Gasteiger partial charge in [0.25, 0.3) is 0 Å². The minimum atomic E-state index is -0.251. The van der Waals surface area contributed by atoms with Gasteiger partial charge < -0.3 is 0 Å². The van der Waals surface area contributed by atoms with Gasteiger partial charge in [-0.3, -0.25) is 0 Å². The summed E-state index contributed by atoms with van der Waals surface area (Å²) in [4.78, 5) is 0. The topological polar surface area (TPSA) is 0 Å². The van der Waals surface area contributed by atoms with E-state index in [2.05, 4.69) is 182 Å². The highest BCUT2D eigenvalue weighted by atomic mass is 14.6. The average molecular weight is 621 g/mol. The van der Waals surface area contributed by atoms with E-state index in [9.17, 15) is 0 Å². The Balaban J connectivity index is 1.24. The summed E-state index contributed by atoms with van der Waals surface area (Å²) in [5.74, 6) is 0.644. The Hall–Kier alpha value is -5.98. The zero-order chi connectivity index (χ0) is 32.1. The van der Waals surface area contributed by atoms with Crippen molar-refractivity contribution in [1.82, 2.24) is 0 Å². The summed E-state index contributed by atoms with van der Waals surface area (Å²) in [6.45, 7) is 0. The largest absolute Gasteiger partial charge is 0.0789 e. The lowest BCUT2D eigenvalue weighted by atomic mass is 9.65. The quantitative estimate of drug-likeness (QED) is 0.169. The number of fused-ring (bicyclic) bond motifs is 13. The molecule has 3 aliphatic carbocycles. The standard InChI is InChI=1S/C49H32/c1-2-16-33-31(14-1)15-13-24-38(33)48-41-22-5-3-20-39(41)47(40-21-4-6-23-42(40)48)32-28-29-37-36-19-9-12-27-45(36)49(46(37)30-32)43-25-10-7-17-34(43)35-18-8-11-26-44(35)49/h1-30,36,45H. The maximum absolute atomic E-state index is 2.57. The monoisotopic (exact) mass is 620 g/mol. The lowest BCUT2D eigenvalue weighted by molar-refractivity contribution is 0.465. The molecule has 8 aromatic rings. The molecule has 3 aliphatic rings. The van der Waals surface area contributed by atoms with Gasteiger partial charge in [0.05, 0.1) is 5.41 Å².